The van der Waals surface area contributed by atoms with E-state index in [-0.39, 0.29) is 12.3 Å². The van der Waals surface area contributed by atoms with Gasteiger partial charge in [-0.3, -0.25) is 4.79 Å². The number of hydrogen-bond acceptors (Lipinski definition) is 3. The Bertz CT molecular complexity index is 328. The number of primary amides is 1. The predicted octanol–water partition coefficient (Wildman–Crippen LogP) is -1.22. The highest BCUT2D eigenvalue weighted by Crippen LogP contribution is 2.00. The summed E-state index contributed by atoms with van der Waals surface area (Å²) in [7, 11) is -1.47. The third-order valence-corrected chi connectivity index (χ3v) is 1.91. The van der Waals surface area contributed by atoms with Crippen LogP contribution < -0.4 is 11.2 Å². The molecular formula is C9H12BNO3. The minimum Gasteiger partial charge on any atom is -0.423 e. The molecule has 0 unspecified atom stereocenters. The number of amides is 1. The first-order valence-electron chi connectivity index (χ1n) is 4.33. The number of benzene rings is 1. The number of hydrogen-bond donors (Lipinski definition) is 3. The fourth-order valence-corrected chi connectivity index (χ4v) is 1.18. The summed E-state index contributed by atoms with van der Waals surface area (Å²) in [6, 6.07) is 6.78. The van der Waals surface area contributed by atoms with Crippen LogP contribution in [0.15, 0.2) is 24.3 Å². The van der Waals surface area contributed by atoms with E-state index in [9.17, 15) is 4.79 Å². The topological polar surface area (TPSA) is 83.6 Å². The third kappa shape index (κ3) is 3.20. The van der Waals surface area contributed by atoms with Gasteiger partial charge in [0.2, 0.25) is 5.91 Å². The van der Waals surface area contributed by atoms with Crippen LogP contribution in [0.1, 0.15) is 12.0 Å². The Kier molecular flexibility index (Phi) is 3.68. The highest BCUT2D eigenvalue weighted by atomic mass is 16.4. The lowest BCUT2D eigenvalue weighted by Gasteiger charge is -2.02. The van der Waals surface area contributed by atoms with Crippen LogP contribution in [0.3, 0.4) is 0 Å². The fourth-order valence-electron chi connectivity index (χ4n) is 1.18. The van der Waals surface area contributed by atoms with Crippen LogP contribution in [0, 0.1) is 0 Å². The average molecular weight is 193 g/mol. The molecule has 0 aliphatic rings. The van der Waals surface area contributed by atoms with Crippen molar-refractivity contribution in [2.45, 2.75) is 12.8 Å². The molecular weight excluding hydrogens is 181 g/mol. The van der Waals surface area contributed by atoms with Crippen molar-refractivity contribution in [1.29, 1.82) is 0 Å². The van der Waals surface area contributed by atoms with Gasteiger partial charge in [0.15, 0.2) is 0 Å². The fraction of sp³-hybridized carbons (Fsp3) is 0.222. The van der Waals surface area contributed by atoms with Crippen molar-refractivity contribution in [3.05, 3.63) is 29.8 Å². The molecule has 0 spiro atoms. The van der Waals surface area contributed by atoms with Crippen LogP contribution in [0.5, 0.6) is 0 Å². The van der Waals surface area contributed by atoms with Gasteiger partial charge in [-0.15, -0.1) is 0 Å². The summed E-state index contributed by atoms with van der Waals surface area (Å²) in [5.74, 6) is -0.361. The van der Waals surface area contributed by atoms with Gasteiger partial charge in [0.05, 0.1) is 0 Å². The second kappa shape index (κ2) is 4.78. The summed E-state index contributed by atoms with van der Waals surface area (Å²) in [6.07, 6.45) is 0.793. The molecule has 0 saturated heterocycles. The SMILES string of the molecule is NC(=O)CCc1cccc(B(O)O)c1. The summed E-state index contributed by atoms with van der Waals surface area (Å²) in [5.41, 5.74) is 6.29. The average Bonchev–Trinajstić information content (AvgIpc) is 2.15. The van der Waals surface area contributed by atoms with Gasteiger partial charge in [0, 0.05) is 6.42 Å². The first-order chi connectivity index (χ1) is 6.59. The van der Waals surface area contributed by atoms with Crippen LogP contribution in [0.25, 0.3) is 0 Å². The first kappa shape index (κ1) is 10.8. The molecule has 0 aliphatic heterocycles. The van der Waals surface area contributed by atoms with Gasteiger partial charge < -0.3 is 15.8 Å². The molecule has 0 bridgehead atoms. The Hall–Kier alpha value is -1.33. The van der Waals surface area contributed by atoms with E-state index >= 15 is 0 Å². The number of carbonyl (C=O) groups excluding carboxylic acids is 1. The molecule has 1 aromatic carbocycles. The van der Waals surface area contributed by atoms with E-state index in [1.807, 2.05) is 6.07 Å². The van der Waals surface area contributed by atoms with Gasteiger partial charge in [-0.25, -0.2) is 0 Å². The Morgan fingerprint density at radius 1 is 1.43 bits per heavy atom. The van der Waals surface area contributed by atoms with E-state index in [0.717, 1.165) is 5.56 Å². The maximum Gasteiger partial charge on any atom is 0.488 e. The van der Waals surface area contributed by atoms with Crippen LogP contribution in [-0.4, -0.2) is 23.1 Å². The largest absolute Gasteiger partial charge is 0.488 e. The predicted molar refractivity (Wildman–Crippen MR) is 53.8 cm³/mol. The van der Waals surface area contributed by atoms with E-state index in [2.05, 4.69) is 0 Å². The highest BCUT2D eigenvalue weighted by Gasteiger charge is 2.10. The summed E-state index contributed by atoms with van der Waals surface area (Å²) in [5, 5.41) is 17.8. The second-order valence-corrected chi connectivity index (χ2v) is 3.09. The van der Waals surface area contributed by atoms with E-state index in [4.69, 9.17) is 15.8 Å². The van der Waals surface area contributed by atoms with Gasteiger partial charge in [0.1, 0.15) is 0 Å². The van der Waals surface area contributed by atoms with E-state index in [1.54, 1.807) is 18.2 Å². The van der Waals surface area contributed by atoms with Crippen molar-refractivity contribution < 1.29 is 14.8 Å². The second-order valence-electron chi connectivity index (χ2n) is 3.09. The lowest BCUT2D eigenvalue weighted by Crippen LogP contribution is -2.29. The Labute approximate surface area is 82.5 Å². The molecule has 0 aromatic heterocycles. The summed E-state index contributed by atoms with van der Waals surface area (Å²) in [4.78, 5) is 10.5. The number of aryl methyl sites for hydroxylation is 1. The molecule has 4 N–H and O–H groups in total. The molecule has 1 amide bonds. The van der Waals surface area contributed by atoms with Crippen molar-refractivity contribution in [3.63, 3.8) is 0 Å². The highest BCUT2D eigenvalue weighted by molar-refractivity contribution is 6.58. The molecule has 0 atom stereocenters. The normalized spacial score (nSPS) is 9.86. The Balaban J connectivity index is 2.68. The number of rotatable bonds is 4. The van der Waals surface area contributed by atoms with Crippen molar-refractivity contribution in [2.24, 2.45) is 5.73 Å². The maximum atomic E-state index is 10.5. The Morgan fingerprint density at radius 2 is 2.14 bits per heavy atom. The molecule has 0 saturated carbocycles. The molecule has 4 nitrogen and oxygen atoms in total. The zero-order valence-electron chi connectivity index (χ0n) is 7.68. The molecule has 0 radical (unpaired) electrons. The molecule has 1 rings (SSSR count). The van der Waals surface area contributed by atoms with Gasteiger partial charge in [-0.05, 0) is 17.4 Å². The molecule has 74 valence electrons. The van der Waals surface area contributed by atoms with Gasteiger partial charge in [0.25, 0.3) is 0 Å². The molecule has 14 heavy (non-hydrogen) atoms. The minimum absolute atomic E-state index is 0.269. The lowest BCUT2D eigenvalue weighted by atomic mass is 9.79. The number of nitrogens with two attached hydrogens (primary N) is 1. The zero-order valence-corrected chi connectivity index (χ0v) is 7.68. The summed E-state index contributed by atoms with van der Waals surface area (Å²) in [6.45, 7) is 0. The molecule has 0 aliphatic carbocycles. The minimum atomic E-state index is -1.47. The van der Waals surface area contributed by atoms with E-state index in [1.165, 1.54) is 0 Å². The van der Waals surface area contributed by atoms with Gasteiger partial charge in [-0.2, -0.15) is 0 Å². The van der Waals surface area contributed by atoms with Gasteiger partial charge >= 0.3 is 7.12 Å². The summed E-state index contributed by atoms with van der Waals surface area (Å²) < 4.78 is 0. The molecule has 0 fully saturated rings. The number of carbonyl (C=O) groups is 1. The van der Waals surface area contributed by atoms with Crippen molar-refractivity contribution >= 4 is 18.5 Å². The van der Waals surface area contributed by atoms with Gasteiger partial charge in [-0.1, -0.05) is 24.3 Å². The van der Waals surface area contributed by atoms with E-state index < -0.39 is 7.12 Å². The van der Waals surface area contributed by atoms with Crippen LogP contribution in [-0.2, 0) is 11.2 Å². The molecule has 0 heterocycles. The maximum absolute atomic E-state index is 10.5. The third-order valence-electron chi connectivity index (χ3n) is 1.91. The zero-order chi connectivity index (χ0) is 10.6. The van der Waals surface area contributed by atoms with Crippen LogP contribution in [0.2, 0.25) is 0 Å². The lowest BCUT2D eigenvalue weighted by molar-refractivity contribution is -0.117. The summed E-state index contributed by atoms with van der Waals surface area (Å²) >= 11 is 0. The quantitative estimate of drug-likeness (QED) is 0.524. The van der Waals surface area contributed by atoms with Crippen LogP contribution >= 0.6 is 0 Å². The van der Waals surface area contributed by atoms with Crippen molar-refractivity contribution in [1.82, 2.24) is 0 Å². The monoisotopic (exact) mass is 193 g/mol. The Morgan fingerprint density at radius 3 is 2.71 bits per heavy atom. The first-order valence-corrected chi connectivity index (χ1v) is 4.33. The molecule has 1 aromatic rings. The smallest absolute Gasteiger partial charge is 0.423 e. The molecule has 5 heteroatoms. The van der Waals surface area contributed by atoms with Crippen molar-refractivity contribution in [3.8, 4) is 0 Å². The van der Waals surface area contributed by atoms with Crippen molar-refractivity contribution in [2.75, 3.05) is 0 Å². The van der Waals surface area contributed by atoms with Crippen LogP contribution in [0.4, 0.5) is 0 Å². The van der Waals surface area contributed by atoms with E-state index in [0.29, 0.717) is 11.9 Å². The standard InChI is InChI=1S/C9H12BNO3/c11-9(12)5-4-7-2-1-3-8(6-7)10(13)14/h1-3,6,13-14H,4-5H2,(H2,11,12).